The van der Waals surface area contributed by atoms with Gasteiger partial charge in [-0.2, -0.15) is 0 Å². The van der Waals surface area contributed by atoms with Crippen molar-refractivity contribution in [3.05, 3.63) is 0 Å². The van der Waals surface area contributed by atoms with Crippen molar-refractivity contribution in [2.75, 3.05) is 32.9 Å². The van der Waals surface area contributed by atoms with Gasteiger partial charge in [0.2, 0.25) is 17.7 Å². The van der Waals surface area contributed by atoms with Crippen molar-refractivity contribution in [3.63, 3.8) is 0 Å². The van der Waals surface area contributed by atoms with E-state index in [1.165, 1.54) is 6.92 Å². The number of amides is 3. The third-order valence-electron chi connectivity index (χ3n) is 6.63. The third-order valence-corrected chi connectivity index (χ3v) is 6.63. The SMILES string of the molecule is CC(=O)NC1C(OCCCCC(=O)NCCCCCC(=O)N2CCC[C@H]2CO)OC(CO)C(O)C1O. The molecule has 2 rings (SSSR count). The second-order valence-electron chi connectivity index (χ2n) is 9.49. The number of nitrogens with zero attached hydrogens (tertiary/aromatic N) is 1. The van der Waals surface area contributed by atoms with E-state index in [2.05, 4.69) is 10.6 Å². The van der Waals surface area contributed by atoms with E-state index >= 15 is 0 Å². The first-order valence-electron chi connectivity index (χ1n) is 13.0. The Kier molecular flexibility index (Phi) is 13.6. The summed E-state index contributed by atoms with van der Waals surface area (Å²) in [6, 6.07) is -1.02. The Bertz CT molecular complexity index is 696. The summed E-state index contributed by atoms with van der Waals surface area (Å²) in [5, 5.41) is 44.3. The first kappa shape index (κ1) is 30.4. The van der Waals surface area contributed by atoms with Crippen molar-refractivity contribution in [3.8, 4) is 0 Å². The number of aliphatic hydroxyl groups is 4. The summed E-state index contributed by atoms with van der Waals surface area (Å²) in [5.74, 6) is -0.397. The molecule has 6 N–H and O–H groups in total. The van der Waals surface area contributed by atoms with Crippen LogP contribution < -0.4 is 10.6 Å². The second kappa shape index (κ2) is 16.1. The summed E-state index contributed by atoms with van der Waals surface area (Å²) in [4.78, 5) is 37.5. The molecule has 2 heterocycles. The highest BCUT2D eigenvalue weighted by atomic mass is 16.7. The Balaban J connectivity index is 1.54. The summed E-state index contributed by atoms with van der Waals surface area (Å²) in [6.07, 6.45) is 1.29. The van der Waals surface area contributed by atoms with Crippen LogP contribution in [0, 0.1) is 0 Å². The van der Waals surface area contributed by atoms with Crippen LogP contribution in [0.1, 0.15) is 64.7 Å². The first-order chi connectivity index (χ1) is 17.3. The molecule has 3 amide bonds. The molecule has 2 fully saturated rings. The third kappa shape index (κ3) is 9.56. The zero-order valence-electron chi connectivity index (χ0n) is 21.1. The van der Waals surface area contributed by atoms with Gasteiger partial charge in [-0.1, -0.05) is 6.42 Å². The molecule has 0 aliphatic carbocycles. The number of carbonyl (C=O) groups is 3. The quantitative estimate of drug-likeness (QED) is 0.145. The molecular weight excluding hydrogens is 474 g/mol. The van der Waals surface area contributed by atoms with E-state index < -0.39 is 43.2 Å². The van der Waals surface area contributed by atoms with Crippen molar-refractivity contribution in [1.82, 2.24) is 15.5 Å². The van der Waals surface area contributed by atoms with Crippen LogP contribution in [-0.2, 0) is 23.9 Å². The zero-order chi connectivity index (χ0) is 26.5. The predicted octanol–water partition coefficient (Wildman–Crippen LogP) is -1.22. The van der Waals surface area contributed by atoms with E-state index in [0.717, 1.165) is 38.6 Å². The lowest BCUT2D eigenvalue weighted by atomic mass is 9.97. The Morgan fingerprint density at radius 2 is 1.75 bits per heavy atom. The fourth-order valence-electron chi connectivity index (χ4n) is 4.59. The van der Waals surface area contributed by atoms with Crippen LogP contribution in [0.4, 0.5) is 0 Å². The van der Waals surface area contributed by atoms with Crippen LogP contribution >= 0.6 is 0 Å². The largest absolute Gasteiger partial charge is 0.394 e. The van der Waals surface area contributed by atoms with Crippen molar-refractivity contribution >= 4 is 17.7 Å². The molecule has 0 radical (unpaired) electrons. The number of rotatable bonds is 15. The van der Waals surface area contributed by atoms with Gasteiger partial charge in [-0.15, -0.1) is 0 Å². The van der Waals surface area contributed by atoms with Gasteiger partial charge in [-0.3, -0.25) is 14.4 Å². The van der Waals surface area contributed by atoms with Crippen molar-refractivity contribution in [2.24, 2.45) is 0 Å². The number of hydrogen-bond donors (Lipinski definition) is 6. The number of unbranched alkanes of at least 4 members (excludes halogenated alkanes) is 3. The lowest BCUT2D eigenvalue weighted by Gasteiger charge is -2.42. The maximum atomic E-state index is 12.2. The number of carbonyl (C=O) groups excluding carboxylic acids is 3. The Morgan fingerprint density at radius 3 is 2.44 bits per heavy atom. The Hall–Kier alpha value is -1.83. The highest BCUT2D eigenvalue weighted by Gasteiger charge is 2.45. The van der Waals surface area contributed by atoms with E-state index in [-0.39, 0.29) is 31.1 Å². The normalized spacial score (nSPS) is 28.2. The van der Waals surface area contributed by atoms with E-state index in [1.54, 1.807) is 4.90 Å². The molecule has 5 unspecified atom stereocenters. The van der Waals surface area contributed by atoms with Gasteiger partial charge in [0, 0.05) is 39.5 Å². The number of likely N-dealkylation sites (tertiary alicyclic amines) is 1. The molecule has 2 saturated heterocycles. The van der Waals surface area contributed by atoms with E-state index in [4.69, 9.17) is 9.47 Å². The van der Waals surface area contributed by atoms with Gasteiger partial charge < -0.3 is 45.4 Å². The van der Waals surface area contributed by atoms with Gasteiger partial charge in [0.1, 0.15) is 24.4 Å². The maximum absolute atomic E-state index is 12.2. The molecule has 2 aliphatic heterocycles. The zero-order valence-corrected chi connectivity index (χ0v) is 21.1. The topological polar surface area (TPSA) is 178 Å². The molecule has 0 aromatic heterocycles. The monoisotopic (exact) mass is 517 g/mol. The van der Waals surface area contributed by atoms with Crippen LogP contribution in [0.2, 0.25) is 0 Å². The van der Waals surface area contributed by atoms with Crippen LogP contribution in [0.3, 0.4) is 0 Å². The van der Waals surface area contributed by atoms with Gasteiger partial charge in [0.05, 0.1) is 19.3 Å². The molecular formula is C24H43N3O9. The molecule has 12 heteroatoms. The predicted molar refractivity (Wildman–Crippen MR) is 128 cm³/mol. The summed E-state index contributed by atoms with van der Waals surface area (Å²) in [6.45, 7) is 2.26. The molecule has 0 spiro atoms. The minimum absolute atomic E-state index is 0.0211. The average Bonchev–Trinajstić information content (AvgIpc) is 3.34. The van der Waals surface area contributed by atoms with Gasteiger partial charge in [-0.25, -0.2) is 0 Å². The minimum atomic E-state index is -1.36. The van der Waals surface area contributed by atoms with Crippen LogP contribution in [0.15, 0.2) is 0 Å². The van der Waals surface area contributed by atoms with Gasteiger partial charge in [0.25, 0.3) is 0 Å². The van der Waals surface area contributed by atoms with Crippen LogP contribution in [-0.4, -0.2) is 113 Å². The Labute approximate surface area is 212 Å². The minimum Gasteiger partial charge on any atom is -0.394 e. The number of ether oxygens (including phenoxy) is 2. The molecule has 0 bridgehead atoms. The summed E-state index contributed by atoms with van der Waals surface area (Å²) in [7, 11) is 0. The van der Waals surface area contributed by atoms with Crippen LogP contribution in [0.25, 0.3) is 0 Å². The lowest BCUT2D eigenvalue weighted by Crippen LogP contribution is -2.64. The van der Waals surface area contributed by atoms with Gasteiger partial charge in [0.15, 0.2) is 6.29 Å². The summed E-state index contributed by atoms with van der Waals surface area (Å²) in [5.41, 5.74) is 0. The fraction of sp³-hybridized carbons (Fsp3) is 0.875. The van der Waals surface area contributed by atoms with Crippen molar-refractivity contribution in [1.29, 1.82) is 0 Å². The van der Waals surface area contributed by atoms with E-state index in [0.29, 0.717) is 32.2 Å². The molecule has 12 nitrogen and oxygen atoms in total. The number of nitrogens with one attached hydrogen (secondary N) is 2. The smallest absolute Gasteiger partial charge is 0.222 e. The average molecular weight is 518 g/mol. The maximum Gasteiger partial charge on any atom is 0.222 e. The van der Waals surface area contributed by atoms with Crippen molar-refractivity contribution < 1.29 is 44.3 Å². The van der Waals surface area contributed by atoms with Crippen molar-refractivity contribution in [2.45, 2.75) is 101 Å². The highest BCUT2D eigenvalue weighted by Crippen LogP contribution is 2.22. The van der Waals surface area contributed by atoms with Gasteiger partial charge >= 0.3 is 0 Å². The second-order valence-corrected chi connectivity index (χ2v) is 9.49. The standard InChI is InChI=1S/C24H43N3O9/c1-16(30)26-21-23(34)22(33)18(15-29)36-24(21)35-13-6-4-9-19(31)25-11-5-2-3-10-20(32)27-12-7-8-17(27)14-28/h17-18,21-24,28-29,33-34H,2-15H2,1H3,(H,25,31)(H,26,30)/t17-,18?,21?,22?,23?,24?/m0/s1. The molecule has 6 atom stereocenters. The summed E-state index contributed by atoms with van der Waals surface area (Å²) >= 11 is 0. The molecule has 0 aromatic carbocycles. The molecule has 2 aliphatic rings. The summed E-state index contributed by atoms with van der Waals surface area (Å²) < 4.78 is 11.1. The Morgan fingerprint density at radius 1 is 1.00 bits per heavy atom. The first-order valence-corrected chi connectivity index (χ1v) is 13.0. The van der Waals surface area contributed by atoms with Crippen LogP contribution in [0.5, 0.6) is 0 Å². The number of hydrogen-bond acceptors (Lipinski definition) is 9. The molecule has 0 saturated carbocycles. The molecule has 0 aromatic rings. The fourth-order valence-corrected chi connectivity index (χ4v) is 4.59. The van der Waals surface area contributed by atoms with Gasteiger partial charge in [-0.05, 0) is 38.5 Å². The molecule has 36 heavy (non-hydrogen) atoms. The van der Waals surface area contributed by atoms with E-state index in [9.17, 15) is 34.8 Å². The highest BCUT2D eigenvalue weighted by molar-refractivity contribution is 5.77. The lowest BCUT2D eigenvalue weighted by molar-refractivity contribution is -0.270. The molecule has 208 valence electrons. The number of aliphatic hydroxyl groups excluding tert-OH is 4. The van der Waals surface area contributed by atoms with E-state index in [1.807, 2.05) is 0 Å².